The number of nitrogens with one attached hydrogen (secondary N) is 1. The summed E-state index contributed by atoms with van der Waals surface area (Å²) in [6, 6.07) is 12.0. The lowest BCUT2D eigenvalue weighted by atomic mass is 10.1. The summed E-state index contributed by atoms with van der Waals surface area (Å²) in [6.07, 6.45) is 2.47. The van der Waals surface area contributed by atoms with Crippen LogP contribution in [0.5, 0.6) is 5.75 Å². The van der Waals surface area contributed by atoms with E-state index in [2.05, 4.69) is 10.5 Å². The number of nitrogens with zero attached hydrogens (tertiary/aromatic N) is 2. The molecule has 2 aromatic rings. The molecule has 2 rings (SSSR count). The molecule has 0 aliphatic heterocycles. The molecule has 0 saturated heterocycles. The Bertz CT molecular complexity index is 1150. The average molecular weight is 490 g/mol. The first-order valence-corrected chi connectivity index (χ1v) is 12.4. The van der Waals surface area contributed by atoms with Gasteiger partial charge in [0.15, 0.2) is 6.61 Å². The van der Waals surface area contributed by atoms with E-state index in [4.69, 9.17) is 9.47 Å². The molecule has 2 aromatic carbocycles. The molecular formula is C24H31N3O6S. The predicted molar refractivity (Wildman–Crippen MR) is 132 cm³/mol. The summed E-state index contributed by atoms with van der Waals surface area (Å²) in [5.41, 5.74) is 4.57. The lowest BCUT2D eigenvalue weighted by molar-refractivity contribution is -0.157. The standard InChI is InChI=1S/C24H31N3O6S/c1-17-8-7-9-21(18(17)2)27(34(6,30)31)15-22(28)26-25-14-19-10-12-20(13-11-19)32-16-23(29)33-24(3,4)5/h7-14H,15-16H2,1-6H3,(H,26,28)/b25-14+. The van der Waals surface area contributed by atoms with E-state index in [1.807, 2.05) is 13.0 Å². The van der Waals surface area contributed by atoms with E-state index in [1.54, 1.807) is 64.1 Å². The number of carbonyl (C=O) groups excluding carboxylic acids is 2. The molecule has 0 fully saturated rings. The second kappa shape index (κ2) is 11.1. The number of ether oxygens (including phenoxy) is 2. The largest absolute Gasteiger partial charge is 0.482 e. The highest BCUT2D eigenvalue weighted by Gasteiger charge is 2.22. The van der Waals surface area contributed by atoms with Crippen molar-refractivity contribution in [1.82, 2.24) is 5.43 Å². The van der Waals surface area contributed by atoms with Gasteiger partial charge < -0.3 is 9.47 Å². The van der Waals surface area contributed by atoms with Gasteiger partial charge in [0.05, 0.1) is 18.2 Å². The fourth-order valence-corrected chi connectivity index (χ4v) is 3.80. The maximum atomic E-state index is 12.4. The molecule has 0 aliphatic rings. The Morgan fingerprint density at radius 3 is 2.32 bits per heavy atom. The van der Waals surface area contributed by atoms with Crippen LogP contribution in [0.2, 0.25) is 0 Å². The number of hydrogen-bond donors (Lipinski definition) is 1. The molecule has 0 bridgehead atoms. The third-order valence-corrected chi connectivity index (χ3v) is 5.72. The van der Waals surface area contributed by atoms with Crippen molar-refractivity contribution in [3.63, 3.8) is 0 Å². The van der Waals surface area contributed by atoms with Crippen molar-refractivity contribution in [1.29, 1.82) is 0 Å². The molecule has 0 aliphatic carbocycles. The Kier molecular flexibility index (Phi) is 8.80. The summed E-state index contributed by atoms with van der Waals surface area (Å²) in [7, 11) is -3.68. The van der Waals surface area contributed by atoms with E-state index in [1.165, 1.54) is 6.21 Å². The summed E-state index contributed by atoms with van der Waals surface area (Å²) < 4.78 is 36.2. The molecule has 0 unspecified atom stereocenters. The number of benzene rings is 2. The molecule has 0 saturated carbocycles. The number of esters is 1. The number of hydrazone groups is 1. The maximum absolute atomic E-state index is 12.4. The molecule has 1 N–H and O–H groups in total. The van der Waals surface area contributed by atoms with Crippen molar-refractivity contribution in [2.75, 3.05) is 23.7 Å². The molecular weight excluding hydrogens is 458 g/mol. The molecule has 10 heteroatoms. The van der Waals surface area contributed by atoms with E-state index in [9.17, 15) is 18.0 Å². The lowest BCUT2D eigenvalue weighted by Crippen LogP contribution is -2.39. The number of anilines is 1. The third kappa shape index (κ3) is 8.51. The van der Waals surface area contributed by atoms with Gasteiger partial charge in [0.1, 0.15) is 17.9 Å². The fourth-order valence-electron chi connectivity index (χ4n) is 2.89. The van der Waals surface area contributed by atoms with Crippen LogP contribution in [0.15, 0.2) is 47.6 Å². The van der Waals surface area contributed by atoms with Gasteiger partial charge in [0, 0.05) is 0 Å². The topological polar surface area (TPSA) is 114 Å². The molecule has 9 nitrogen and oxygen atoms in total. The summed E-state index contributed by atoms with van der Waals surface area (Å²) in [6.45, 7) is 8.40. The predicted octanol–water partition coefficient (Wildman–Crippen LogP) is 2.94. The SMILES string of the molecule is Cc1cccc(N(CC(=O)N/N=C/c2ccc(OCC(=O)OC(C)(C)C)cc2)S(C)(=O)=O)c1C. The highest BCUT2D eigenvalue weighted by atomic mass is 32.2. The van der Waals surface area contributed by atoms with E-state index in [0.29, 0.717) is 17.0 Å². The Balaban J connectivity index is 1.95. The quantitative estimate of drug-likeness (QED) is 0.329. The third-order valence-electron chi connectivity index (χ3n) is 4.59. The van der Waals surface area contributed by atoms with Gasteiger partial charge in [-0.25, -0.2) is 18.6 Å². The van der Waals surface area contributed by atoms with Gasteiger partial charge in [-0.05, 0) is 81.6 Å². The van der Waals surface area contributed by atoms with Crippen LogP contribution in [-0.2, 0) is 24.3 Å². The van der Waals surface area contributed by atoms with Gasteiger partial charge in [-0.15, -0.1) is 0 Å². The molecule has 1 amide bonds. The molecule has 0 atom stereocenters. The Morgan fingerprint density at radius 2 is 1.74 bits per heavy atom. The number of rotatable bonds is 9. The van der Waals surface area contributed by atoms with Gasteiger partial charge in [-0.2, -0.15) is 5.10 Å². The Labute approximate surface area is 200 Å². The zero-order valence-electron chi connectivity index (χ0n) is 20.3. The van der Waals surface area contributed by atoms with Crippen LogP contribution >= 0.6 is 0 Å². The monoisotopic (exact) mass is 489 g/mol. The van der Waals surface area contributed by atoms with Crippen LogP contribution in [0.1, 0.15) is 37.5 Å². The first-order valence-electron chi connectivity index (χ1n) is 10.6. The minimum Gasteiger partial charge on any atom is -0.482 e. The van der Waals surface area contributed by atoms with E-state index in [-0.39, 0.29) is 6.61 Å². The maximum Gasteiger partial charge on any atom is 0.344 e. The summed E-state index contributed by atoms with van der Waals surface area (Å²) in [5.74, 6) is -0.575. The van der Waals surface area contributed by atoms with E-state index in [0.717, 1.165) is 21.7 Å². The number of carbonyl (C=O) groups is 2. The van der Waals surface area contributed by atoms with Gasteiger partial charge >= 0.3 is 5.97 Å². The lowest BCUT2D eigenvalue weighted by Gasteiger charge is -2.23. The number of amides is 1. The summed E-state index contributed by atoms with van der Waals surface area (Å²) >= 11 is 0. The van der Waals surface area contributed by atoms with Crippen molar-refractivity contribution >= 4 is 33.8 Å². The van der Waals surface area contributed by atoms with Crippen LogP contribution in [0.3, 0.4) is 0 Å². The van der Waals surface area contributed by atoms with Gasteiger partial charge in [-0.1, -0.05) is 12.1 Å². The zero-order chi connectivity index (χ0) is 25.5. The molecule has 184 valence electrons. The molecule has 0 radical (unpaired) electrons. The molecule has 0 spiro atoms. The van der Waals surface area contributed by atoms with Crippen molar-refractivity contribution in [2.24, 2.45) is 5.10 Å². The number of sulfonamides is 1. The minimum atomic E-state index is -3.68. The van der Waals surface area contributed by atoms with Crippen LogP contribution in [0, 0.1) is 13.8 Å². The zero-order valence-corrected chi connectivity index (χ0v) is 21.1. The second-order valence-electron chi connectivity index (χ2n) is 8.73. The van der Waals surface area contributed by atoms with Gasteiger partial charge in [0.2, 0.25) is 10.0 Å². The van der Waals surface area contributed by atoms with Crippen molar-refractivity contribution in [3.05, 3.63) is 59.2 Å². The average Bonchev–Trinajstić information content (AvgIpc) is 2.72. The number of hydrogen-bond acceptors (Lipinski definition) is 7. The number of aryl methyl sites for hydroxylation is 1. The molecule has 34 heavy (non-hydrogen) atoms. The fraction of sp³-hybridized carbons (Fsp3) is 0.375. The first-order chi connectivity index (χ1) is 15.8. The van der Waals surface area contributed by atoms with Crippen molar-refractivity contribution in [2.45, 2.75) is 40.2 Å². The summed E-state index contributed by atoms with van der Waals surface area (Å²) in [4.78, 5) is 24.1. The van der Waals surface area contributed by atoms with Crippen LogP contribution in [0.25, 0.3) is 0 Å². The van der Waals surface area contributed by atoms with Gasteiger partial charge in [0.25, 0.3) is 5.91 Å². The second-order valence-corrected chi connectivity index (χ2v) is 10.6. The van der Waals surface area contributed by atoms with Crippen LogP contribution < -0.4 is 14.5 Å². The van der Waals surface area contributed by atoms with Crippen LogP contribution in [0.4, 0.5) is 5.69 Å². The summed E-state index contributed by atoms with van der Waals surface area (Å²) in [5, 5.41) is 3.89. The smallest absolute Gasteiger partial charge is 0.344 e. The van der Waals surface area contributed by atoms with Crippen molar-refractivity contribution in [3.8, 4) is 5.75 Å². The van der Waals surface area contributed by atoms with E-state index < -0.39 is 34.0 Å². The normalized spacial score (nSPS) is 11.8. The molecule has 0 heterocycles. The van der Waals surface area contributed by atoms with Crippen LogP contribution in [-0.4, -0.2) is 51.5 Å². The Hall–Kier alpha value is -3.40. The first kappa shape index (κ1) is 26.8. The van der Waals surface area contributed by atoms with Gasteiger partial charge in [-0.3, -0.25) is 9.10 Å². The minimum absolute atomic E-state index is 0.210. The Morgan fingerprint density at radius 1 is 1.09 bits per heavy atom. The highest BCUT2D eigenvalue weighted by molar-refractivity contribution is 7.92. The van der Waals surface area contributed by atoms with E-state index >= 15 is 0 Å². The molecule has 0 aromatic heterocycles. The highest BCUT2D eigenvalue weighted by Crippen LogP contribution is 2.24. The van der Waals surface area contributed by atoms with Crippen molar-refractivity contribution < 1.29 is 27.5 Å².